The standard InChI is InChI=1S/C22H21N3O6S/c26-21(17-8-3-1-4-9-17)15-23-22(27)16-24(18-10-7-11-19(14-18)25(28)29)32(30,31)20-12-5-2-6-13-20/h1-14,21,26H,15-16H2,(H,23,27)/t21-/m1/s1. The van der Waals surface area contributed by atoms with Crippen molar-refractivity contribution in [3.63, 3.8) is 0 Å². The Labute approximate surface area is 185 Å². The molecule has 32 heavy (non-hydrogen) atoms. The van der Waals surface area contributed by atoms with Crippen LogP contribution in [0.15, 0.2) is 89.8 Å². The van der Waals surface area contributed by atoms with Crippen LogP contribution in [0.2, 0.25) is 0 Å². The van der Waals surface area contributed by atoms with Crippen LogP contribution in [0.1, 0.15) is 11.7 Å². The summed E-state index contributed by atoms with van der Waals surface area (Å²) >= 11 is 0. The van der Waals surface area contributed by atoms with Gasteiger partial charge in [-0.2, -0.15) is 0 Å². The van der Waals surface area contributed by atoms with Crippen molar-refractivity contribution in [2.75, 3.05) is 17.4 Å². The topological polar surface area (TPSA) is 130 Å². The Morgan fingerprint density at radius 1 is 1.00 bits per heavy atom. The van der Waals surface area contributed by atoms with Crippen LogP contribution in [0, 0.1) is 10.1 Å². The summed E-state index contributed by atoms with van der Waals surface area (Å²) in [6.45, 7) is -0.753. The van der Waals surface area contributed by atoms with E-state index in [1.807, 2.05) is 0 Å². The Hall–Kier alpha value is -3.76. The SMILES string of the molecule is O=C(CN(c1cccc([N+](=O)[O-])c1)S(=O)(=O)c1ccccc1)NC[C@@H](O)c1ccccc1. The van der Waals surface area contributed by atoms with E-state index in [9.17, 15) is 28.4 Å². The van der Waals surface area contributed by atoms with Crippen LogP contribution in [0.25, 0.3) is 0 Å². The van der Waals surface area contributed by atoms with Crippen molar-refractivity contribution in [2.24, 2.45) is 0 Å². The molecule has 3 aromatic carbocycles. The molecule has 0 aromatic heterocycles. The van der Waals surface area contributed by atoms with Crippen LogP contribution >= 0.6 is 0 Å². The second-order valence-electron chi connectivity index (χ2n) is 6.83. The number of aliphatic hydroxyl groups is 1. The Balaban J connectivity index is 1.85. The lowest BCUT2D eigenvalue weighted by Gasteiger charge is -2.24. The first kappa shape index (κ1) is 22.9. The molecule has 0 aliphatic carbocycles. The molecule has 2 N–H and O–H groups in total. The highest BCUT2D eigenvalue weighted by Crippen LogP contribution is 2.26. The fraction of sp³-hybridized carbons (Fsp3) is 0.136. The van der Waals surface area contributed by atoms with Crippen LogP contribution in [0.4, 0.5) is 11.4 Å². The number of sulfonamides is 1. The Kier molecular flexibility index (Phi) is 7.18. The van der Waals surface area contributed by atoms with Crippen molar-refractivity contribution in [3.8, 4) is 0 Å². The molecule has 9 nitrogen and oxygen atoms in total. The smallest absolute Gasteiger partial charge is 0.271 e. The van der Waals surface area contributed by atoms with Crippen LogP contribution in [0.3, 0.4) is 0 Å². The van der Waals surface area contributed by atoms with Gasteiger partial charge in [0, 0.05) is 18.7 Å². The van der Waals surface area contributed by atoms with Crippen molar-refractivity contribution >= 4 is 27.3 Å². The fourth-order valence-corrected chi connectivity index (χ4v) is 4.42. The largest absolute Gasteiger partial charge is 0.387 e. The number of rotatable bonds is 9. The second-order valence-corrected chi connectivity index (χ2v) is 8.69. The average molecular weight is 455 g/mol. The van der Waals surface area contributed by atoms with Gasteiger partial charge in [-0.1, -0.05) is 54.6 Å². The van der Waals surface area contributed by atoms with Crippen LogP contribution in [-0.2, 0) is 14.8 Å². The molecular formula is C22H21N3O6S. The summed E-state index contributed by atoms with van der Waals surface area (Å²) in [5, 5.41) is 23.9. The highest BCUT2D eigenvalue weighted by Gasteiger charge is 2.28. The first-order valence-electron chi connectivity index (χ1n) is 9.61. The molecule has 0 aliphatic heterocycles. The van der Waals surface area contributed by atoms with Gasteiger partial charge >= 0.3 is 0 Å². The maximum absolute atomic E-state index is 13.2. The van der Waals surface area contributed by atoms with Crippen molar-refractivity contribution in [3.05, 3.63) is 101 Å². The summed E-state index contributed by atoms with van der Waals surface area (Å²) in [6, 6.07) is 21.2. The number of nitrogens with zero attached hydrogens (tertiary/aromatic N) is 2. The zero-order chi connectivity index (χ0) is 23.1. The third-order valence-electron chi connectivity index (χ3n) is 4.62. The molecule has 3 aromatic rings. The number of anilines is 1. The number of carbonyl (C=O) groups excluding carboxylic acids is 1. The van der Waals surface area contributed by atoms with Gasteiger partial charge in [0.1, 0.15) is 6.54 Å². The highest BCUT2D eigenvalue weighted by atomic mass is 32.2. The zero-order valence-electron chi connectivity index (χ0n) is 16.9. The molecule has 1 amide bonds. The first-order chi connectivity index (χ1) is 15.3. The fourth-order valence-electron chi connectivity index (χ4n) is 2.99. The van der Waals surface area contributed by atoms with E-state index < -0.39 is 33.5 Å². The number of hydrogen-bond acceptors (Lipinski definition) is 6. The van der Waals surface area contributed by atoms with Gasteiger partial charge in [0.15, 0.2) is 0 Å². The van der Waals surface area contributed by atoms with E-state index in [0.717, 1.165) is 10.4 Å². The van der Waals surface area contributed by atoms with Crippen molar-refractivity contribution in [1.82, 2.24) is 5.32 Å². The molecule has 0 heterocycles. The molecule has 166 valence electrons. The predicted molar refractivity (Wildman–Crippen MR) is 118 cm³/mol. The third kappa shape index (κ3) is 5.48. The molecule has 3 rings (SSSR count). The Morgan fingerprint density at radius 3 is 2.25 bits per heavy atom. The first-order valence-corrected chi connectivity index (χ1v) is 11.0. The molecule has 0 unspecified atom stereocenters. The van der Waals surface area contributed by atoms with Crippen molar-refractivity contribution in [1.29, 1.82) is 0 Å². The summed E-state index contributed by atoms with van der Waals surface area (Å²) in [4.78, 5) is 23.0. The predicted octanol–water partition coefficient (Wildman–Crippen LogP) is 2.64. The zero-order valence-corrected chi connectivity index (χ0v) is 17.7. The number of carbonyl (C=O) groups is 1. The van der Waals surface area contributed by atoms with Gasteiger partial charge in [0.25, 0.3) is 15.7 Å². The highest BCUT2D eigenvalue weighted by molar-refractivity contribution is 7.92. The summed E-state index contributed by atoms with van der Waals surface area (Å²) in [7, 11) is -4.19. The quantitative estimate of drug-likeness (QED) is 0.377. The van der Waals surface area contributed by atoms with Gasteiger partial charge < -0.3 is 10.4 Å². The molecule has 0 saturated heterocycles. The van der Waals surface area contributed by atoms with Crippen molar-refractivity contribution in [2.45, 2.75) is 11.0 Å². The number of benzene rings is 3. The number of nitro groups is 1. The second kappa shape index (κ2) is 10.0. The minimum Gasteiger partial charge on any atom is -0.387 e. The van der Waals surface area contributed by atoms with Gasteiger partial charge in [-0.25, -0.2) is 8.42 Å². The van der Waals surface area contributed by atoms with Crippen molar-refractivity contribution < 1.29 is 23.2 Å². The Morgan fingerprint density at radius 2 is 1.62 bits per heavy atom. The molecule has 0 fully saturated rings. The van der Waals surface area contributed by atoms with E-state index in [2.05, 4.69) is 5.32 Å². The normalized spacial score (nSPS) is 12.0. The number of amides is 1. The number of hydrogen-bond donors (Lipinski definition) is 2. The minimum atomic E-state index is -4.19. The molecule has 0 radical (unpaired) electrons. The monoisotopic (exact) mass is 455 g/mol. The molecule has 0 bridgehead atoms. The van der Waals surface area contributed by atoms with E-state index in [4.69, 9.17) is 0 Å². The van der Waals surface area contributed by atoms with Gasteiger partial charge in [0.2, 0.25) is 5.91 Å². The minimum absolute atomic E-state index is 0.0261. The average Bonchev–Trinajstić information content (AvgIpc) is 2.82. The molecule has 0 saturated carbocycles. The van der Waals surface area contributed by atoms with E-state index >= 15 is 0 Å². The summed E-state index contributed by atoms with van der Waals surface area (Å²) < 4.78 is 27.3. The molecule has 10 heteroatoms. The van der Waals surface area contributed by atoms with Gasteiger partial charge in [0.05, 0.1) is 21.6 Å². The molecule has 0 spiro atoms. The van der Waals surface area contributed by atoms with E-state index in [1.165, 1.54) is 42.5 Å². The molecule has 0 aliphatic rings. The summed E-state index contributed by atoms with van der Waals surface area (Å²) in [6.07, 6.45) is -0.975. The van der Waals surface area contributed by atoms with E-state index in [1.54, 1.807) is 36.4 Å². The van der Waals surface area contributed by atoms with Gasteiger partial charge in [-0.15, -0.1) is 0 Å². The maximum Gasteiger partial charge on any atom is 0.271 e. The lowest BCUT2D eigenvalue weighted by Crippen LogP contribution is -2.42. The number of nitro benzene ring substituents is 1. The molecular weight excluding hydrogens is 434 g/mol. The van der Waals surface area contributed by atoms with Gasteiger partial charge in [-0.3, -0.25) is 19.2 Å². The lowest BCUT2D eigenvalue weighted by atomic mass is 10.1. The van der Waals surface area contributed by atoms with Crippen LogP contribution in [0.5, 0.6) is 0 Å². The van der Waals surface area contributed by atoms with Crippen LogP contribution in [-0.4, -0.2) is 37.4 Å². The van der Waals surface area contributed by atoms with Gasteiger partial charge in [-0.05, 0) is 23.8 Å². The number of non-ortho nitro benzene ring substituents is 1. The van der Waals surface area contributed by atoms with Crippen LogP contribution < -0.4 is 9.62 Å². The number of aliphatic hydroxyl groups excluding tert-OH is 1. The third-order valence-corrected chi connectivity index (χ3v) is 6.41. The van der Waals surface area contributed by atoms with E-state index in [0.29, 0.717) is 5.56 Å². The Bertz CT molecular complexity index is 1190. The number of nitrogens with one attached hydrogen (secondary N) is 1. The maximum atomic E-state index is 13.2. The summed E-state index contributed by atoms with van der Waals surface area (Å²) in [5.74, 6) is -0.675. The summed E-state index contributed by atoms with van der Waals surface area (Å²) in [5.41, 5.74) is 0.262. The van der Waals surface area contributed by atoms with E-state index in [-0.39, 0.29) is 22.8 Å². The molecule has 1 atom stereocenters. The lowest BCUT2D eigenvalue weighted by molar-refractivity contribution is -0.384.